The number of aromatic amines is 1. The largest absolute Gasteiger partial charge is 0.462 e. The number of hydrogen-bond acceptors (Lipinski definition) is 5. The van der Waals surface area contributed by atoms with Crippen molar-refractivity contribution < 1.29 is 14.5 Å². The van der Waals surface area contributed by atoms with Crippen molar-refractivity contribution >= 4 is 22.6 Å². The predicted molar refractivity (Wildman–Crippen MR) is 105 cm³/mol. The maximum Gasteiger partial charge on any atom is 0.323 e. The topological polar surface area (TPSA) is 97.3 Å². The smallest absolute Gasteiger partial charge is 0.323 e. The number of nitrogens with zero attached hydrogens (tertiary/aromatic N) is 1. The van der Waals surface area contributed by atoms with E-state index in [0.29, 0.717) is 12.0 Å². The summed E-state index contributed by atoms with van der Waals surface area (Å²) < 4.78 is 5.41. The molecule has 0 saturated heterocycles. The molecule has 0 saturated carbocycles. The third kappa shape index (κ3) is 3.14. The number of aromatic nitrogens is 1. The number of H-pyrrole nitrogens is 1. The first-order valence-corrected chi connectivity index (χ1v) is 9.25. The monoisotopic (exact) mass is 379 g/mol. The Morgan fingerprint density at radius 1 is 1.18 bits per heavy atom. The molecule has 0 unspecified atom stereocenters. The first-order chi connectivity index (χ1) is 13.5. The Morgan fingerprint density at radius 3 is 2.64 bits per heavy atom. The number of benzene rings is 2. The minimum Gasteiger partial charge on any atom is -0.462 e. The van der Waals surface area contributed by atoms with Crippen LogP contribution in [-0.4, -0.2) is 28.0 Å². The zero-order valence-electron chi connectivity index (χ0n) is 15.6. The lowest BCUT2D eigenvalue weighted by atomic mass is 9.89. The lowest BCUT2D eigenvalue weighted by Gasteiger charge is -2.30. The molecule has 4 rings (SSSR count). The van der Waals surface area contributed by atoms with Gasteiger partial charge in [-0.1, -0.05) is 36.4 Å². The Hall–Kier alpha value is -3.19. The van der Waals surface area contributed by atoms with Gasteiger partial charge in [0.2, 0.25) is 0 Å². The number of nitrogens with one attached hydrogen (secondary N) is 2. The van der Waals surface area contributed by atoms with Crippen molar-refractivity contribution in [3.8, 4) is 0 Å². The van der Waals surface area contributed by atoms with Crippen LogP contribution in [0.4, 0.5) is 5.69 Å². The van der Waals surface area contributed by atoms with Gasteiger partial charge in [0.05, 0.1) is 22.6 Å². The second-order valence-electron chi connectivity index (χ2n) is 7.22. The fourth-order valence-electron chi connectivity index (χ4n) is 3.84. The average Bonchev–Trinajstić information content (AvgIpc) is 3.05. The van der Waals surface area contributed by atoms with Crippen LogP contribution in [0.15, 0.2) is 48.5 Å². The first kappa shape index (κ1) is 18.2. The van der Waals surface area contributed by atoms with Crippen LogP contribution in [0.2, 0.25) is 0 Å². The van der Waals surface area contributed by atoms with E-state index >= 15 is 0 Å². The Morgan fingerprint density at radius 2 is 1.89 bits per heavy atom. The van der Waals surface area contributed by atoms with Gasteiger partial charge in [-0.3, -0.25) is 20.2 Å². The van der Waals surface area contributed by atoms with Crippen LogP contribution in [0, 0.1) is 10.1 Å². The van der Waals surface area contributed by atoms with Crippen LogP contribution < -0.4 is 5.32 Å². The quantitative estimate of drug-likeness (QED) is 0.410. The van der Waals surface area contributed by atoms with Gasteiger partial charge in [-0.2, -0.15) is 0 Å². The summed E-state index contributed by atoms with van der Waals surface area (Å²) in [4.78, 5) is 27.2. The Labute approximate surface area is 161 Å². The number of nitro groups is 1. The Bertz CT molecular complexity index is 1060. The van der Waals surface area contributed by atoms with Gasteiger partial charge < -0.3 is 9.72 Å². The van der Waals surface area contributed by atoms with Gasteiger partial charge in [0, 0.05) is 29.1 Å². The molecule has 1 aliphatic heterocycles. The lowest BCUT2D eigenvalue weighted by Crippen LogP contribution is -2.46. The van der Waals surface area contributed by atoms with Gasteiger partial charge in [0.15, 0.2) is 0 Å². The molecule has 0 aliphatic carbocycles. The highest BCUT2D eigenvalue weighted by Crippen LogP contribution is 2.38. The van der Waals surface area contributed by atoms with Crippen LogP contribution in [0.5, 0.6) is 0 Å². The van der Waals surface area contributed by atoms with Gasteiger partial charge in [-0.15, -0.1) is 0 Å². The molecule has 0 radical (unpaired) electrons. The maximum absolute atomic E-state index is 12.6. The molecule has 1 aromatic heterocycles. The van der Waals surface area contributed by atoms with Gasteiger partial charge in [0.1, 0.15) is 6.04 Å². The summed E-state index contributed by atoms with van der Waals surface area (Å²) in [5.41, 5.74) is 3.31. The van der Waals surface area contributed by atoms with Crippen molar-refractivity contribution in [2.24, 2.45) is 0 Å². The van der Waals surface area contributed by atoms with Crippen LogP contribution >= 0.6 is 0 Å². The van der Waals surface area contributed by atoms with Crippen molar-refractivity contribution in [3.63, 3.8) is 0 Å². The number of carbonyl (C=O) groups excluding carboxylic acids is 1. The number of hydrogen-bond donors (Lipinski definition) is 2. The number of esters is 1. The molecule has 2 heterocycles. The van der Waals surface area contributed by atoms with Crippen LogP contribution in [0.1, 0.15) is 36.7 Å². The van der Waals surface area contributed by atoms with Gasteiger partial charge >= 0.3 is 5.97 Å². The minimum absolute atomic E-state index is 0.0162. The summed E-state index contributed by atoms with van der Waals surface area (Å²) in [6, 6.07) is 13.4. The van der Waals surface area contributed by atoms with Crippen molar-refractivity contribution in [2.45, 2.75) is 38.5 Å². The van der Waals surface area contributed by atoms with Crippen molar-refractivity contribution in [1.82, 2.24) is 10.3 Å². The third-order valence-corrected chi connectivity index (χ3v) is 4.99. The van der Waals surface area contributed by atoms with Crippen molar-refractivity contribution in [3.05, 3.63) is 75.5 Å². The van der Waals surface area contributed by atoms with Crippen LogP contribution in [-0.2, 0) is 16.0 Å². The molecule has 0 fully saturated rings. The van der Waals surface area contributed by atoms with Gasteiger partial charge in [0.25, 0.3) is 5.69 Å². The van der Waals surface area contributed by atoms with E-state index in [1.54, 1.807) is 32.0 Å². The van der Waals surface area contributed by atoms with E-state index in [2.05, 4.69) is 10.3 Å². The molecule has 144 valence electrons. The highest BCUT2D eigenvalue weighted by atomic mass is 16.6. The molecule has 0 bridgehead atoms. The lowest BCUT2D eigenvalue weighted by molar-refractivity contribution is -0.385. The normalized spacial score (nSPS) is 18.8. The number of ether oxygens (including phenoxy) is 1. The molecule has 2 aromatic carbocycles. The summed E-state index contributed by atoms with van der Waals surface area (Å²) in [5.74, 6) is -0.352. The summed E-state index contributed by atoms with van der Waals surface area (Å²) >= 11 is 0. The Kier molecular flexibility index (Phi) is 4.60. The van der Waals surface area contributed by atoms with Crippen LogP contribution in [0.25, 0.3) is 10.9 Å². The fraction of sp³-hybridized carbons (Fsp3) is 0.286. The molecule has 3 aromatic rings. The molecular weight excluding hydrogens is 358 g/mol. The first-order valence-electron chi connectivity index (χ1n) is 9.25. The van der Waals surface area contributed by atoms with E-state index in [4.69, 9.17) is 4.74 Å². The SMILES string of the molecule is CC(C)OC(=O)[C@@H]1Cc2c([nH]c3ccccc23)[C@@H](c2ccccc2[N+](=O)[O-])N1. The molecule has 2 N–H and O–H groups in total. The van der Waals surface area contributed by atoms with Gasteiger partial charge in [-0.25, -0.2) is 0 Å². The molecule has 0 spiro atoms. The maximum atomic E-state index is 12.6. The predicted octanol–water partition coefficient (Wildman–Crippen LogP) is 3.63. The van der Waals surface area contributed by atoms with Crippen molar-refractivity contribution in [1.29, 1.82) is 0 Å². The standard InChI is InChI=1S/C21H21N3O4/c1-12(2)28-21(25)17-11-15-13-7-3-5-9-16(13)22-20(15)19(23-17)14-8-4-6-10-18(14)24(26)27/h3-10,12,17,19,22-23H,11H2,1-2H3/t17-,19+/m0/s1. The second-order valence-corrected chi connectivity index (χ2v) is 7.22. The molecule has 28 heavy (non-hydrogen) atoms. The van der Waals surface area contributed by atoms with E-state index in [0.717, 1.165) is 22.2 Å². The molecule has 0 amide bonds. The molecule has 2 atom stereocenters. The fourth-order valence-corrected chi connectivity index (χ4v) is 3.84. The number of nitro benzene ring substituents is 1. The van der Waals surface area contributed by atoms with E-state index in [1.165, 1.54) is 6.07 Å². The molecule has 1 aliphatic rings. The van der Waals surface area contributed by atoms with Crippen molar-refractivity contribution in [2.75, 3.05) is 0 Å². The van der Waals surface area contributed by atoms with E-state index in [9.17, 15) is 14.9 Å². The van der Waals surface area contributed by atoms with Gasteiger partial charge in [-0.05, 0) is 25.5 Å². The highest BCUT2D eigenvalue weighted by molar-refractivity contribution is 5.87. The average molecular weight is 379 g/mol. The van der Waals surface area contributed by atoms with E-state index < -0.39 is 17.0 Å². The second kappa shape index (κ2) is 7.09. The molecular formula is C21H21N3O4. The molecule has 7 nitrogen and oxygen atoms in total. The van der Waals surface area contributed by atoms with E-state index in [-0.39, 0.29) is 17.8 Å². The Balaban J connectivity index is 1.86. The molecule has 7 heteroatoms. The summed E-state index contributed by atoms with van der Waals surface area (Å²) in [6.07, 6.45) is 0.227. The minimum atomic E-state index is -0.584. The summed E-state index contributed by atoms with van der Waals surface area (Å²) in [6.45, 7) is 3.61. The zero-order chi connectivity index (χ0) is 19.8. The highest BCUT2D eigenvalue weighted by Gasteiger charge is 2.37. The zero-order valence-corrected chi connectivity index (χ0v) is 15.6. The summed E-state index contributed by atoms with van der Waals surface area (Å²) in [7, 11) is 0. The summed E-state index contributed by atoms with van der Waals surface area (Å²) in [5, 5.41) is 15.9. The van der Waals surface area contributed by atoms with Crippen LogP contribution in [0.3, 0.4) is 0 Å². The number of para-hydroxylation sites is 2. The number of carbonyl (C=O) groups is 1. The third-order valence-electron chi connectivity index (χ3n) is 4.99. The number of fused-ring (bicyclic) bond motifs is 3. The number of rotatable bonds is 4. The van der Waals surface area contributed by atoms with E-state index in [1.807, 2.05) is 24.3 Å².